The van der Waals surface area contributed by atoms with E-state index in [4.69, 9.17) is 5.11 Å². The Bertz CT molecular complexity index is 242. The van der Waals surface area contributed by atoms with Gasteiger partial charge in [0.15, 0.2) is 0 Å². The van der Waals surface area contributed by atoms with Gasteiger partial charge in [0.2, 0.25) is 0 Å². The zero-order valence-electron chi connectivity index (χ0n) is 5.66. The van der Waals surface area contributed by atoms with Gasteiger partial charge >= 0.3 is 6.09 Å². The van der Waals surface area contributed by atoms with E-state index in [0.717, 1.165) is 0 Å². The second kappa shape index (κ2) is 2.51. The number of nitrogens with zero attached hydrogens (tertiary/aromatic N) is 1. The minimum absolute atomic E-state index is 0.694. The van der Waals surface area contributed by atoms with E-state index in [1.165, 1.54) is 10.8 Å². The summed E-state index contributed by atoms with van der Waals surface area (Å²) in [6, 6.07) is 0. The van der Waals surface area contributed by atoms with Crippen LogP contribution in [0.4, 0.5) is 4.79 Å². The molecule has 0 bridgehead atoms. The second-order valence-electron chi connectivity index (χ2n) is 1.91. The van der Waals surface area contributed by atoms with E-state index < -0.39 is 6.09 Å². The van der Waals surface area contributed by atoms with Crippen LogP contribution in [0.3, 0.4) is 0 Å². The normalized spacial score (nSPS) is 9.70. The fraction of sp³-hybridized carbons (Fsp3) is 0.333. The Morgan fingerprint density at radius 3 is 3.00 bits per heavy atom. The van der Waals surface area contributed by atoms with Crippen LogP contribution < -0.4 is 4.98 Å². The van der Waals surface area contributed by atoms with Gasteiger partial charge in [0.1, 0.15) is 12.4 Å². The van der Waals surface area contributed by atoms with Crippen LogP contribution in [0.2, 0.25) is 0 Å². The van der Waals surface area contributed by atoms with E-state index in [0.29, 0.717) is 12.2 Å². The second-order valence-corrected chi connectivity index (χ2v) is 1.91. The number of aromatic nitrogens is 2. The number of aromatic amines is 1. The van der Waals surface area contributed by atoms with Gasteiger partial charge in [-0.25, -0.2) is 4.98 Å². The summed E-state index contributed by atoms with van der Waals surface area (Å²) in [5, 5.41) is 8.53. The highest BCUT2D eigenvalue weighted by Crippen LogP contribution is 1.91. The maximum atomic E-state index is 10.4. The number of nitrogens with one attached hydrogen (secondary N) is 1. The van der Waals surface area contributed by atoms with E-state index in [-0.39, 0.29) is 0 Å². The summed E-state index contributed by atoms with van der Waals surface area (Å²) in [5.74, 6) is 0.701. The van der Waals surface area contributed by atoms with E-state index in [2.05, 4.69) is 4.98 Å². The maximum Gasteiger partial charge on any atom is 0.509 e. The molecule has 0 aliphatic rings. The maximum absolute atomic E-state index is 10.4. The van der Waals surface area contributed by atoms with Crippen LogP contribution in [0.25, 0.3) is 0 Å². The summed E-state index contributed by atoms with van der Waals surface area (Å²) in [7, 11) is 0. The summed E-state index contributed by atoms with van der Waals surface area (Å²) in [5.41, 5.74) is 0. The van der Waals surface area contributed by atoms with Crippen LogP contribution in [-0.2, 0) is 6.42 Å². The van der Waals surface area contributed by atoms with E-state index in [1.54, 1.807) is 6.20 Å². The lowest BCUT2D eigenvalue weighted by atomic mass is 10.5. The van der Waals surface area contributed by atoms with Crippen LogP contribution >= 0.6 is 0 Å². The molecule has 54 valence electrons. The molecule has 1 rings (SSSR count). The van der Waals surface area contributed by atoms with Gasteiger partial charge < -0.3 is 5.11 Å². The lowest BCUT2D eigenvalue weighted by Gasteiger charge is -1.87. The fourth-order valence-corrected chi connectivity index (χ4v) is 0.819. The fourth-order valence-electron chi connectivity index (χ4n) is 0.819. The quantitative estimate of drug-likeness (QED) is 0.615. The molecule has 10 heavy (non-hydrogen) atoms. The van der Waals surface area contributed by atoms with Crippen molar-refractivity contribution in [1.29, 1.82) is 0 Å². The first-order chi connectivity index (χ1) is 4.75. The van der Waals surface area contributed by atoms with Crippen molar-refractivity contribution in [2.24, 2.45) is 0 Å². The van der Waals surface area contributed by atoms with Crippen LogP contribution in [-0.4, -0.2) is 15.8 Å². The third-order valence-corrected chi connectivity index (χ3v) is 1.31. The molecule has 0 saturated carbocycles. The molecule has 0 spiro atoms. The molecule has 4 heteroatoms. The van der Waals surface area contributed by atoms with Gasteiger partial charge in [-0.2, -0.15) is 4.79 Å². The van der Waals surface area contributed by atoms with Crippen LogP contribution in [0.15, 0.2) is 12.4 Å². The molecule has 0 unspecified atom stereocenters. The van der Waals surface area contributed by atoms with Gasteiger partial charge in [-0.1, -0.05) is 6.92 Å². The van der Waals surface area contributed by atoms with Gasteiger partial charge in [0, 0.05) is 6.42 Å². The Labute approximate surface area is 58.1 Å². The van der Waals surface area contributed by atoms with Crippen molar-refractivity contribution in [3.8, 4) is 0 Å². The van der Waals surface area contributed by atoms with Crippen LogP contribution in [0, 0.1) is 0 Å². The van der Waals surface area contributed by atoms with E-state index >= 15 is 0 Å². The van der Waals surface area contributed by atoms with Crippen molar-refractivity contribution in [1.82, 2.24) is 4.57 Å². The molecule has 1 aromatic rings. The smallest absolute Gasteiger partial charge is 0.446 e. The SMILES string of the molecule is CCc1[nH+]ccn1C(=O)O. The molecule has 0 radical (unpaired) electrons. The molecule has 4 nitrogen and oxygen atoms in total. The van der Waals surface area contributed by atoms with Gasteiger partial charge in [-0.3, -0.25) is 0 Å². The first-order valence-corrected chi connectivity index (χ1v) is 3.07. The molecule has 0 saturated heterocycles. The van der Waals surface area contributed by atoms with Gasteiger partial charge in [0.25, 0.3) is 5.82 Å². The number of hydrogen-bond donors (Lipinski definition) is 1. The number of carbonyl (C=O) groups is 1. The molecule has 0 atom stereocenters. The predicted molar refractivity (Wildman–Crippen MR) is 33.8 cm³/mol. The topological polar surface area (TPSA) is 56.4 Å². The number of aryl methyl sites for hydroxylation is 1. The molecule has 0 aliphatic carbocycles. The lowest BCUT2D eigenvalue weighted by Crippen LogP contribution is -2.16. The molecular weight excluding hydrogens is 132 g/mol. The van der Waals surface area contributed by atoms with Crippen molar-refractivity contribution in [2.75, 3.05) is 0 Å². The van der Waals surface area contributed by atoms with Crippen LogP contribution in [0.5, 0.6) is 0 Å². The summed E-state index contributed by atoms with van der Waals surface area (Å²) >= 11 is 0. The van der Waals surface area contributed by atoms with Gasteiger partial charge in [0.05, 0.1) is 0 Å². The summed E-state index contributed by atoms with van der Waals surface area (Å²) in [6.45, 7) is 1.89. The third kappa shape index (κ3) is 1.00. The largest absolute Gasteiger partial charge is 0.509 e. The Morgan fingerprint density at radius 1 is 1.90 bits per heavy atom. The molecule has 0 fully saturated rings. The molecular formula is C6H9N2O2+. The number of imidazole rings is 1. The van der Waals surface area contributed by atoms with Gasteiger partial charge in [-0.15, -0.1) is 4.57 Å². The molecule has 2 N–H and O–H groups in total. The lowest BCUT2D eigenvalue weighted by molar-refractivity contribution is -0.389. The minimum Gasteiger partial charge on any atom is -0.446 e. The molecule has 1 heterocycles. The van der Waals surface area contributed by atoms with Crippen molar-refractivity contribution >= 4 is 6.09 Å². The molecule has 0 amide bonds. The number of hydrogen-bond acceptors (Lipinski definition) is 1. The number of H-pyrrole nitrogens is 1. The highest BCUT2D eigenvalue weighted by molar-refractivity contribution is 5.68. The zero-order chi connectivity index (χ0) is 7.56. The Kier molecular flexibility index (Phi) is 1.71. The Hall–Kier alpha value is -1.32. The van der Waals surface area contributed by atoms with Gasteiger partial charge in [-0.05, 0) is 0 Å². The summed E-state index contributed by atoms with van der Waals surface area (Å²) in [4.78, 5) is 13.2. The van der Waals surface area contributed by atoms with E-state index in [1.807, 2.05) is 6.92 Å². The highest BCUT2D eigenvalue weighted by Gasteiger charge is 2.13. The average molecular weight is 141 g/mol. The average Bonchev–Trinajstić information content (AvgIpc) is 2.33. The van der Waals surface area contributed by atoms with Crippen molar-refractivity contribution in [2.45, 2.75) is 13.3 Å². The third-order valence-electron chi connectivity index (χ3n) is 1.31. The molecule has 1 aromatic heterocycles. The molecule has 0 aliphatic heterocycles. The predicted octanol–water partition coefficient (Wildman–Crippen LogP) is 0.391. The zero-order valence-corrected chi connectivity index (χ0v) is 5.66. The van der Waals surface area contributed by atoms with Crippen molar-refractivity contribution < 1.29 is 14.9 Å². The Balaban J connectivity index is 3.01. The summed E-state index contributed by atoms with van der Waals surface area (Å²) in [6.07, 6.45) is 2.84. The van der Waals surface area contributed by atoms with Crippen LogP contribution in [0.1, 0.15) is 12.7 Å². The Morgan fingerprint density at radius 2 is 2.60 bits per heavy atom. The standard InChI is InChI=1S/C6H8N2O2/c1-2-5-7-3-4-8(5)6(9)10/h3-4H,2H2,1H3,(H,9,10)/p+1. The summed E-state index contributed by atoms with van der Waals surface area (Å²) < 4.78 is 1.17. The number of rotatable bonds is 1. The highest BCUT2D eigenvalue weighted by atomic mass is 16.4. The minimum atomic E-state index is -0.946. The van der Waals surface area contributed by atoms with Crippen molar-refractivity contribution in [3.05, 3.63) is 18.2 Å². The monoisotopic (exact) mass is 141 g/mol. The first-order valence-electron chi connectivity index (χ1n) is 3.07. The van der Waals surface area contributed by atoms with Crippen molar-refractivity contribution in [3.63, 3.8) is 0 Å². The molecule has 0 aromatic carbocycles. The number of carboxylic acid groups (broad SMARTS) is 1. The first kappa shape index (κ1) is 6.80. The van der Waals surface area contributed by atoms with E-state index in [9.17, 15) is 4.79 Å².